The molecule has 1 rings (SSSR count). The van der Waals surface area contributed by atoms with E-state index in [1.807, 2.05) is 0 Å². The molecular formula is C11H11BrClNO2. The van der Waals surface area contributed by atoms with Crippen molar-refractivity contribution in [3.05, 3.63) is 45.9 Å². The molecule has 0 aliphatic heterocycles. The van der Waals surface area contributed by atoms with Gasteiger partial charge in [0.05, 0.1) is 6.10 Å². The van der Waals surface area contributed by atoms with Crippen LogP contribution in [0.2, 0.25) is 5.02 Å². The molecule has 0 saturated heterocycles. The zero-order chi connectivity index (χ0) is 12.1. The molecule has 0 saturated carbocycles. The van der Waals surface area contributed by atoms with Gasteiger partial charge in [0.2, 0.25) is 5.91 Å². The van der Waals surface area contributed by atoms with E-state index in [1.54, 1.807) is 18.2 Å². The van der Waals surface area contributed by atoms with Crippen molar-refractivity contribution in [2.24, 2.45) is 0 Å². The fourth-order valence-corrected chi connectivity index (χ4v) is 2.04. The summed E-state index contributed by atoms with van der Waals surface area (Å²) >= 11 is 9.12. The molecule has 0 radical (unpaired) electrons. The molecule has 86 valence electrons. The van der Waals surface area contributed by atoms with Gasteiger partial charge in [-0.05, 0) is 29.8 Å². The molecule has 0 bridgehead atoms. The molecule has 0 heterocycles. The van der Waals surface area contributed by atoms with E-state index in [-0.39, 0.29) is 12.5 Å². The maximum absolute atomic E-state index is 10.9. The van der Waals surface area contributed by atoms with Crippen LogP contribution in [-0.4, -0.2) is 17.6 Å². The Labute approximate surface area is 107 Å². The van der Waals surface area contributed by atoms with E-state index in [0.29, 0.717) is 10.6 Å². The topological polar surface area (TPSA) is 49.3 Å². The van der Waals surface area contributed by atoms with Crippen LogP contribution in [0.5, 0.6) is 0 Å². The Morgan fingerprint density at radius 2 is 2.31 bits per heavy atom. The van der Waals surface area contributed by atoms with Gasteiger partial charge in [-0.2, -0.15) is 0 Å². The zero-order valence-corrected chi connectivity index (χ0v) is 10.8. The third-order valence-electron chi connectivity index (χ3n) is 1.92. The van der Waals surface area contributed by atoms with Gasteiger partial charge >= 0.3 is 0 Å². The highest BCUT2D eigenvalue weighted by molar-refractivity contribution is 9.10. The molecule has 1 atom stereocenters. The van der Waals surface area contributed by atoms with E-state index >= 15 is 0 Å². The first-order valence-corrected chi connectivity index (χ1v) is 5.74. The Kier molecular flexibility index (Phi) is 4.99. The van der Waals surface area contributed by atoms with Gasteiger partial charge in [0.15, 0.2) is 0 Å². The number of nitrogens with one attached hydrogen (secondary N) is 1. The van der Waals surface area contributed by atoms with Crippen molar-refractivity contribution in [2.75, 3.05) is 6.54 Å². The number of hydrogen-bond donors (Lipinski definition) is 2. The second-order valence-electron chi connectivity index (χ2n) is 3.17. The van der Waals surface area contributed by atoms with E-state index in [0.717, 1.165) is 10.5 Å². The van der Waals surface area contributed by atoms with E-state index in [9.17, 15) is 9.90 Å². The lowest BCUT2D eigenvalue weighted by Gasteiger charge is -2.12. The molecule has 0 fully saturated rings. The van der Waals surface area contributed by atoms with Gasteiger partial charge in [-0.25, -0.2) is 0 Å². The van der Waals surface area contributed by atoms with E-state index < -0.39 is 6.10 Å². The SMILES string of the molecule is C=CC(=O)NC[C@@H](O)c1cc(Cl)cc(Br)c1. The van der Waals surface area contributed by atoms with Gasteiger partial charge in [0.25, 0.3) is 0 Å². The molecule has 0 aliphatic carbocycles. The van der Waals surface area contributed by atoms with Crippen molar-refractivity contribution in [1.29, 1.82) is 0 Å². The third kappa shape index (κ3) is 3.96. The van der Waals surface area contributed by atoms with E-state index in [1.165, 1.54) is 0 Å². The Bertz CT molecular complexity index is 389. The molecular weight excluding hydrogens is 293 g/mol. The second-order valence-corrected chi connectivity index (χ2v) is 4.52. The van der Waals surface area contributed by atoms with Crippen LogP contribution in [0.4, 0.5) is 0 Å². The van der Waals surface area contributed by atoms with Gasteiger partial charge in [0.1, 0.15) is 0 Å². The highest BCUT2D eigenvalue weighted by Crippen LogP contribution is 2.23. The van der Waals surface area contributed by atoms with Crippen molar-refractivity contribution >= 4 is 33.4 Å². The van der Waals surface area contributed by atoms with E-state index in [4.69, 9.17) is 11.6 Å². The van der Waals surface area contributed by atoms with Crippen molar-refractivity contribution in [3.63, 3.8) is 0 Å². The molecule has 0 spiro atoms. The number of hydrogen-bond acceptors (Lipinski definition) is 2. The predicted octanol–water partition coefficient (Wildman–Crippen LogP) is 2.44. The maximum atomic E-state index is 10.9. The van der Waals surface area contributed by atoms with Crippen LogP contribution in [0.15, 0.2) is 35.3 Å². The summed E-state index contributed by atoms with van der Waals surface area (Å²) in [7, 11) is 0. The predicted molar refractivity (Wildman–Crippen MR) is 67.3 cm³/mol. The highest BCUT2D eigenvalue weighted by Gasteiger charge is 2.09. The number of carbonyl (C=O) groups is 1. The fraction of sp³-hybridized carbons (Fsp3) is 0.182. The fourth-order valence-electron chi connectivity index (χ4n) is 1.15. The van der Waals surface area contributed by atoms with Crippen LogP contribution in [0, 0.1) is 0 Å². The minimum Gasteiger partial charge on any atom is -0.387 e. The van der Waals surface area contributed by atoms with E-state index in [2.05, 4.69) is 27.8 Å². The Hall–Kier alpha value is -0.840. The summed E-state index contributed by atoms with van der Waals surface area (Å²) in [4.78, 5) is 10.9. The van der Waals surface area contributed by atoms with Crippen LogP contribution in [0.1, 0.15) is 11.7 Å². The highest BCUT2D eigenvalue weighted by atomic mass is 79.9. The minimum absolute atomic E-state index is 0.123. The molecule has 5 heteroatoms. The Morgan fingerprint density at radius 3 is 2.88 bits per heavy atom. The number of amides is 1. The van der Waals surface area contributed by atoms with Crippen LogP contribution >= 0.6 is 27.5 Å². The summed E-state index contributed by atoms with van der Waals surface area (Å²) in [6.07, 6.45) is 0.361. The molecule has 1 aromatic carbocycles. The molecule has 1 aromatic rings. The molecule has 0 aliphatic rings. The standard InChI is InChI=1S/C11H11BrClNO2/c1-2-11(16)14-6-10(15)7-3-8(12)5-9(13)4-7/h2-5,10,15H,1,6H2,(H,14,16)/t10-/m1/s1. The van der Waals surface area contributed by atoms with Gasteiger partial charge in [-0.15, -0.1) is 0 Å². The number of aliphatic hydroxyl groups is 1. The minimum atomic E-state index is -0.793. The summed E-state index contributed by atoms with van der Waals surface area (Å²) in [6, 6.07) is 5.12. The van der Waals surface area contributed by atoms with Crippen molar-refractivity contribution in [2.45, 2.75) is 6.10 Å². The average Bonchev–Trinajstić information content (AvgIpc) is 2.23. The average molecular weight is 305 g/mol. The van der Waals surface area contributed by atoms with Gasteiger partial charge in [0, 0.05) is 16.0 Å². The first kappa shape index (κ1) is 13.2. The lowest BCUT2D eigenvalue weighted by Crippen LogP contribution is -2.26. The maximum Gasteiger partial charge on any atom is 0.243 e. The van der Waals surface area contributed by atoms with Crippen molar-refractivity contribution in [3.8, 4) is 0 Å². The normalized spacial score (nSPS) is 11.9. The number of benzene rings is 1. The second kappa shape index (κ2) is 6.03. The summed E-state index contributed by atoms with van der Waals surface area (Å²) in [5, 5.41) is 12.8. The monoisotopic (exact) mass is 303 g/mol. The Morgan fingerprint density at radius 1 is 1.62 bits per heavy atom. The first-order chi connectivity index (χ1) is 7.52. The molecule has 2 N–H and O–H groups in total. The largest absolute Gasteiger partial charge is 0.387 e. The molecule has 0 unspecified atom stereocenters. The first-order valence-electron chi connectivity index (χ1n) is 4.57. The van der Waals surface area contributed by atoms with Crippen LogP contribution in [0.3, 0.4) is 0 Å². The molecule has 3 nitrogen and oxygen atoms in total. The summed E-state index contributed by atoms with van der Waals surface area (Å²) in [5.41, 5.74) is 0.642. The quantitative estimate of drug-likeness (QED) is 0.840. The Balaban J connectivity index is 2.68. The van der Waals surface area contributed by atoms with Crippen LogP contribution in [0.25, 0.3) is 0 Å². The molecule has 1 amide bonds. The van der Waals surface area contributed by atoms with Crippen LogP contribution in [-0.2, 0) is 4.79 Å². The van der Waals surface area contributed by atoms with Crippen molar-refractivity contribution in [1.82, 2.24) is 5.32 Å². The van der Waals surface area contributed by atoms with Gasteiger partial charge < -0.3 is 10.4 Å². The summed E-state index contributed by atoms with van der Waals surface area (Å²) < 4.78 is 0.782. The number of halogens is 2. The smallest absolute Gasteiger partial charge is 0.243 e. The summed E-state index contributed by atoms with van der Waals surface area (Å²) in [6.45, 7) is 3.44. The lowest BCUT2D eigenvalue weighted by molar-refractivity contribution is -0.116. The molecule has 0 aromatic heterocycles. The van der Waals surface area contributed by atoms with Crippen LogP contribution < -0.4 is 5.32 Å². The van der Waals surface area contributed by atoms with Gasteiger partial charge in [-0.3, -0.25) is 4.79 Å². The summed E-state index contributed by atoms with van der Waals surface area (Å²) in [5.74, 6) is -0.319. The lowest BCUT2D eigenvalue weighted by atomic mass is 10.1. The van der Waals surface area contributed by atoms with Crippen molar-refractivity contribution < 1.29 is 9.90 Å². The van der Waals surface area contributed by atoms with Gasteiger partial charge in [-0.1, -0.05) is 34.1 Å². The number of rotatable bonds is 4. The zero-order valence-electron chi connectivity index (χ0n) is 8.41. The number of aliphatic hydroxyl groups excluding tert-OH is 1. The number of carbonyl (C=O) groups excluding carboxylic acids is 1. The molecule has 16 heavy (non-hydrogen) atoms. The third-order valence-corrected chi connectivity index (χ3v) is 2.60.